The van der Waals surface area contributed by atoms with E-state index in [1.165, 1.54) is 0 Å². The number of carbonyl (C=O) groups is 1. The average Bonchev–Trinajstić information content (AvgIpc) is 2.01. The van der Waals surface area contributed by atoms with Crippen molar-refractivity contribution in [3.8, 4) is 6.07 Å². The van der Waals surface area contributed by atoms with Crippen molar-refractivity contribution in [3.05, 3.63) is 0 Å². The van der Waals surface area contributed by atoms with E-state index in [1.807, 2.05) is 32.7 Å². The zero-order chi connectivity index (χ0) is 11.1. The number of hydrogen-bond acceptors (Lipinski definition) is 3. The lowest BCUT2D eigenvalue weighted by Crippen LogP contribution is -2.39. The fraction of sp³-hybridized carbons (Fsp3) is 0.800. The number of likely N-dealkylation sites (N-methyl/N-ethyl adjacent to an activating group) is 1. The Kier molecular flexibility index (Phi) is 5.89. The summed E-state index contributed by atoms with van der Waals surface area (Å²) in [6.07, 6.45) is 0. The van der Waals surface area contributed by atoms with E-state index in [2.05, 4.69) is 11.4 Å². The molecule has 1 unspecified atom stereocenters. The van der Waals surface area contributed by atoms with Gasteiger partial charge in [0.15, 0.2) is 0 Å². The lowest BCUT2D eigenvalue weighted by molar-refractivity contribution is -0.122. The van der Waals surface area contributed by atoms with Crippen LogP contribution in [0.2, 0.25) is 0 Å². The summed E-state index contributed by atoms with van der Waals surface area (Å²) in [6.45, 7) is 6.68. The number of rotatable bonds is 5. The fourth-order valence-corrected chi connectivity index (χ4v) is 1.19. The van der Waals surface area contributed by atoms with Crippen molar-refractivity contribution in [1.29, 1.82) is 5.26 Å². The largest absolute Gasteiger partial charge is 0.353 e. The van der Waals surface area contributed by atoms with Crippen molar-refractivity contribution < 1.29 is 4.79 Å². The normalized spacial score (nSPS) is 12.6. The number of amides is 1. The molecule has 1 N–H and O–H groups in total. The lowest BCUT2D eigenvalue weighted by atomic mass is 10.2. The molecule has 0 spiro atoms. The maximum Gasteiger partial charge on any atom is 0.234 e. The van der Waals surface area contributed by atoms with Gasteiger partial charge in [0.05, 0.1) is 18.5 Å². The molecular formula is C10H19N3O. The second-order valence-corrected chi connectivity index (χ2v) is 3.95. The Morgan fingerprint density at radius 3 is 2.50 bits per heavy atom. The van der Waals surface area contributed by atoms with Crippen LogP contribution in [0.15, 0.2) is 0 Å². The molecule has 0 aromatic carbocycles. The molecule has 0 aromatic heterocycles. The lowest BCUT2D eigenvalue weighted by Gasteiger charge is -2.18. The second-order valence-electron chi connectivity index (χ2n) is 3.95. The number of carbonyl (C=O) groups excluding carboxylic acids is 1. The molecule has 0 saturated carbocycles. The van der Waals surface area contributed by atoms with Gasteiger partial charge in [0.1, 0.15) is 0 Å². The molecule has 0 radical (unpaired) electrons. The van der Waals surface area contributed by atoms with Gasteiger partial charge in [-0.15, -0.1) is 0 Å². The van der Waals surface area contributed by atoms with Gasteiger partial charge in [-0.1, -0.05) is 0 Å². The molecule has 14 heavy (non-hydrogen) atoms. The van der Waals surface area contributed by atoms with Crippen molar-refractivity contribution in [2.75, 3.05) is 20.1 Å². The number of nitriles is 1. The third kappa shape index (κ3) is 6.44. The highest BCUT2D eigenvalue weighted by atomic mass is 16.2. The van der Waals surface area contributed by atoms with Crippen molar-refractivity contribution in [3.63, 3.8) is 0 Å². The van der Waals surface area contributed by atoms with Crippen LogP contribution in [0.3, 0.4) is 0 Å². The number of nitrogens with one attached hydrogen (secondary N) is 1. The molecule has 0 rings (SSSR count). The topological polar surface area (TPSA) is 56.1 Å². The number of nitrogens with zero attached hydrogens (tertiary/aromatic N) is 2. The molecule has 1 atom stereocenters. The zero-order valence-electron chi connectivity index (χ0n) is 9.37. The molecule has 1 amide bonds. The van der Waals surface area contributed by atoms with Crippen LogP contribution in [0.25, 0.3) is 0 Å². The third-order valence-corrected chi connectivity index (χ3v) is 1.67. The Morgan fingerprint density at radius 1 is 1.50 bits per heavy atom. The van der Waals surface area contributed by atoms with Crippen LogP contribution in [-0.2, 0) is 4.79 Å². The van der Waals surface area contributed by atoms with E-state index in [0.717, 1.165) is 0 Å². The summed E-state index contributed by atoms with van der Waals surface area (Å²) >= 11 is 0. The first kappa shape index (κ1) is 12.9. The van der Waals surface area contributed by atoms with Gasteiger partial charge >= 0.3 is 0 Å². The van der Waals surface area contributed by atoms with Crippen LogP contribution in [-0.4, -0.2) is 37.0 Å². The minimum absolute atomic E-state index is 0.00707. The monoisotopic (exact) mass is 197 g/mol. The Labute approximate surface area is 85.9 Å². The van der Waals surface area contributed by atoms with Crippen LogP contribution in [0.1, 0.15) is 20.8 Å². The minimum Gasteiger partial charge on any atom is -0.353 e. The summed E-state index contributed by atoms with van der Waals surface area (Å²) in [5, 5.41) is 11.4. The predicted molar refractivity (Wildman–Crippen MR) is 55.6 cm³/mol. The summed E-state index contributed by atoms with van der Waals surface area (Å²) in [4.78, 5) is 13.2. The quantitative estimate of drug-likeness (QED) is 0.702. The molecule has 0 aliphatic carbocycles. The zero-order valence-corrected chi connectivity index (χ0v) is 9.37. The van der Waals surface area contributed by atoms with Gasteiger partial charge in [-0.2, -0.15) is 5.26 Å². The average molecular weight is 197 g/mol. The molecule has 0 aliphatic heterocycles. The maximum absolute atomic E-state index is 11.3. The molecule has 4 nitrogen and oxygen atoms in total. The standard InChI is InChI=1S/C10H19N3O/c1-8(2)12-10(14)7-13(4)6-9(3)5-11/h8-9H,6-7H2,1-4H3,(H,12,14). The summed E-state index contributed by atoms with van der Waals surface area (Å²) in [5.74, 6) is -0.0283. The van der Waals surface area contributed by atoms with Crippen LogP contribution < -0.4 is 5.32 Å². The van der Waals surface area contributed by atoms with E-state index in [1.54, 1.807) is 0 Å². The summed E-state index contributed by atoms with van der Waals surface area (Å²) < 4.78 is 0. The van der Waals surface area contributed by atoms with Gasteiger partial charge in [0.2, 0.25) is 5.91 Å². The summed E-state index contributed by atoms with van der Waals surface area (Å²) in [6, 6.07) is 2.31. The van der Waals surface area contributed by atoms with Crippen molar-refractivity contribution >= 4 is 5.91 Å². The number of hydrogen-bond donors (Lipinski definition) is 1. The van der Waals surface area contributed by atoms with Gasteiger partial charge < -0.3 is 5.32 Å². The highest BCUT2D eigenvalue weighted by Gasteiger charge is 2.09. The fourth-order valence-electron chi connectivity index (χ4n) is 1.19. The van der Waals surface area contributed by atoms with Gasteiger partial charge in [-0.25, -0.2) is 0 Å². The Bertz CT molecular complexity index is 220. The minimum atomic E-state index is -0.0353. The van der Waals surface area contributed by atoms with E-state index in [-0.39, 0.29) is 17.9 Å². The van der Waals surface area contributed by atoms with Crippen LogP contribution >= 0.6 is 0 Å². The molecule has 0 aliphatic rings. The molecular weight excluding hydrogens is 178 g/mol. The van der Waals surface area contributed by atoms with Crippen molar-refractivity contribution in [2.24, 2.45) is 5.92 Å². The van der Waals surface area contributed by atoms with Crippen LogP contribution in [0.5, 0.6) is 0 Å². The van der Waals surface area contributed by atoms with E-state index in [0.29, 0.717) is 13.1 Å². The highest BCUT2D eigenvalue weighted by Crippen LogP contribution is 1.95. The molecule has 4 heteroatoms. The van der Waals surface area contributed by atoms with Gasteiger partial charge in [0.25, 0.3) is 0 Å². The first-order valence-electron chi connectivity index (χ1n) is 4.83. The third-order valence-electron chi connectivity index (χ3n) is 1.67. The Balaban J connectivity index is 3.78. The van der Waals surface area contributed by atoms with E-state index in [4.69, 9.17) is 5.26 Å². The van der Waals surface area contributed by atoms with Gasteiger partial charge in [0, 0.05) is 12.6 Å². The highest BCUT2D eigenvalue weighted by molar-refractivity contribution is 5.78. The van der Waals surface area contributed by atoms with Crippen molar-refractivity contribution in [1.82, 2.24) is 10.2 Å². The van der Waals surface area contributed by atoms with E-state index >= 15 is 0 Å². The van der Waals surface area contributed by atoms with Gasteiger partial charge in [-0.05, 0) is 27.8 Å². The summed E-state index contributed by atoms with van der Waals surface area (Å²) in [7, 11) is 1.84. The molecule has 0 aromatic rings. The first-order chi connectivity index (χ1) is 6.45. The Morgan fingerprint density at radius 2 is 2.07 bits per heavy atom. The molecule has 0 saturated heterocycles. The molecule has 0 fully saturated rings. The van der Waals surface area contributed by atoms with Gasteiger partial charge in [-0.3, -0.25) is 9.69 Å². The van der Waals surface area contributed by atoms with E-state index < -0.39 is 0 Å². The maximum atomic E-state index is 11.3. The molecule has 0 heterocycles. The molecule has 0 bridgehead atoms. The van der Waals surface area contributed by atoms with Crippen molar-refractivity contribution in [2.45, 2.75) is 26.8 Å². The predicted octanol–water partition coefficient (Wildman–Crippen LogP) is 0.602. The Hall–Kier alpha value is -1.08. The first-order valence-corrected chi connectivity index (χ1v) is 4.83. The second kappa shape index (κ2) is 6.39. The smallest absolute Gasteiger partial charge is 0.234 e. The summed E-state index contributed by atoms with van der Waals surface area (Å²) in [5.41, 5.74) is 0. The SMILES string of the molecule is CC(C#N)CN(C)CC(=O)NC(C)C. The van der Waals surface area contributed by atoms with E-state index in [9.17, 15) is 4.79 Å². The van der Waals surface area contributed by atoms with Crippen LogP contribution in [0.4, 0.5) is 0 Å². The van der Waals surface area contributed by atoms with Crippen LogP contribution in [0, 0.1) is 17.2 Å². The molecule has 80 valence electrons.